The summed E-state index contributed by atoms with van der Waals surface area (Å²) in [7, 11) is 0. The molecule has 3 rings (SSSR count). The van der Waals surface area contributed by atoms with Crippen LogP contribution in [0.2, 0.25) is 0 Å². The summed E-state index contributed by atoms with van der Waals surface area (Å²) < 4.78 is 7.65. The van der Waals surface area contributed by atoms with Crippen LogP contribution in [0.15, 0.2) is 24.3 Å². The molecule has 5 nitrogen and oxygen atoms in total. The normalized spacial score (nSPS) is 16.8. The average Bonchev–Trinajstić information content (AvgIpc) is 3.19. The molecule has 25 heavy (non-hydrogen) atoms. The van der Waals surface area contributed by atoms with Gasteiger partial charge >= 0.3 is 0 Å². The second-order valence-corrected chi connectivity index (χ2v) is 7.01. The number of hydrogen-bond donors (Lipinski definition) is 2. The van der Waals surface area contributed by atoms with Crippen LogP contribution in [0.25, 0.3) is 0 Å². The molecule has 2 aromatic rings. The zero-order valence-corrected chi connectivity index (χ0v) is 15.9. The van der Waals surface area contributed by atoms with Crippen molar-refractivity contribution in [3.63, 3.8) is 0 Å². The van der Waals surface area contributed by atoms with E-state index in [0.717, 1.165) is 49.6 Å². The molecule has 6 heteroatoms. The molecule has 0 aliphatic carbocycles. The number of nitrogens with one attached hydrogen (secondary N) is 2. The molecule has 1 aromatic carbocycles. The van der Waals surface area contributed by atoms with E-state index in [1.54, 1.807) is 0 Å². The number of anilines is 1. The number of benzene rings is 1. The minimum absolute atomic E-state index is 0.269. The minimum atomic E-state index is 0.269. The van der Waals surface area contributed by atoms with Gasteiger partial charge in [-0.25, -0.2) is 0 Å². The average molecular weight is 359 g/mol. The quantitative estimate of drug-likeness (QED) is 0.803. The van der Waals surface area contributed by atoms with Crippen LogP contribution in [0.1, 0.15) is 35.4 Å². The monoisotopic (exact) mass is 358 g/mol. The fourth-order valence-electron chi connectivity index (χ4n) is 3.15. The Morgan fingerprint density at radius 2 is 2.12 bits per heavy atom. The first kappa shape index (κ1) is 17.9. The maximum atomic E-state index is 5.62. The number of ether oxygens (including phenoxy) is 1. The number of hydrogen-bond acceptors (Lipinski definition) is 3. The van der Waals surface area contributed by atoms with E-state index in [4.69, 9.17) is 17.0 Å². The number of rotatable bonds is 5. The Balaban J connectivity index is 1.65. The summed E-state index contributed by atoms with van der Waals surface area (Å²) in [6.07, 6.45) is 2.50. The topological polar surface area (TPSA) is 51.1 Å². The SMILES string of the molecule is Cc1ccccc1Cn1nc(C)c(NC(=S)NC[C@H]2CCCO2)c1C. The molecule has 1 fully saturated rings. The van der Waals surface area contributed by atoms with Crippen molar-refractivity contribution in [2.45, 2.75) is 46.3 Å². The first-order valence-electron chi connectivity index (χ1n) is 8.79. The largest absolute Gasteiger partial charge is 0.376 e. The van der Waals surface area contributed by atoms with Crippen LogP contribution >= 0.6 is 12.2 Å². The lowest BCUT2D eigenvalue weighted by atomic mass is 10.1. The van der Waals surface area contributed by atoms with Crippen molar-refractivity contribution in [2.75, 3.05) is 18.5 Å². The Hall–Kier alpha value is -1.92. The second kappa shape index (κ2) is 7.97. The summed E-state index contributed by atoms with van der Waals surface area (Å²) >= 11 is 5.43. The molecule has 0 saturated carbocycles. The lowest BCUT2D eigenvalue weighted by molar-refractivity contribution is 0.114. The highest BCUT2D eigenvalue weighted by atomic mass is 32.1. The molecule has 1 saturated heterocycles. The molecule has 0 bridgehead atoms. The van der Waals surface area contributed by atoms with Gasteiger partial charge in [0.05, 0.1) is 29.7 Å². The highest BCUT2D eigenvalue weighted by Crippen LogP contribution is 2.21. The molecule has 0 unspecified atom stereocenters. The van der Waals surface area contributed by atoms with Crippen molar-refractivity contribution in [3.8, 4) is 0 Å². The Bertz CT molecular complexity index is 750. The summed E-state index contributed by atoms with van der Waals surface area (Å²) in [6, 6.07) is 8.40. The van der Waals surface area contributed by atoms with Crippen LogP contribution in [-0.4, -0.2) is 34.1 Å². The third-order valence-corrected chi connectivity index (χ3v) is 4.96. The predicted molar refractivity (Wildman–Crippen MR) is 105 cm³/mol. The van der Waals surface area contributed by atoms with Crippen molar-refractivity contribution >= 4 is 23.0 Å². The predicted octanol–water partition coefficient (Wildman–Crippen LogP) is 3.32. The van der Waals surface area contributed by atoms with Gasteiger partial charge in [0.15, 0.2) is 5.11 Å². The standard InChI is InChI=1S/C19H26N4OS/c1-13-7-4-5-8-16(13)12-23-15(3)18(14(2)22-23)21-19(25)20-11-17-9-6-10-24-17/h4-5,7-8,17H,6,9-12H2,1-3H3,(H2,20,21,25)/t17-/m1/s1. The lowest BCUT2D eigenvalue weighted by Gasteiger charge is -2.14. The van der Waals surface area contributed by atoms with E-state index in [1.807, 2.05) is 11.6 Å². The van der Waals surface area contributed by atoms with Crippen LogP contribution in [-0.2, 0) is 11.3 Å². The molecule has 1 atom stereocenters. The van der Waals surface area contributed by atoms with Gasteiger partial charge < -0.3 is 15.4 Å². The van der Waals surface area contributed by atoms with Gasteiger partial charge in [0.2, 0.25) is 0 Å². The summed E-state index contributed by atoms with van der Waals surface area (Å²) in [6.45, 7) is 8.58. The molecule has 1 aliphatic rings. The summed E-state index contributed by atoms with van der Waals surface area (Å²) in [5.74, 6) is 0. The maximum absolute atomic E-state index is 5.62. The van der Waals surface area contributed by atoms with Crippen molar-refractivity contribution in [1.82, 2.24) is 15.1 Å². The highest BCUT2D eigenvalue weighted by Gasteiger charge is 2.17. The van der Waals surface area contributed by atoms with Crippen LogP contribution < -0.4 is 10.6 Å². The highest BCUT2D eigenvalue weighted by molar-refractivity contribution is 7.80. The summed E-state index contributed by atoms with van der Waals surface area (Å²) in [4.78, 5) is 0. The van der Waals surface area contributed by atoms with Gasteiger partial charge in [-0.2, -0.15) is 5.10 Å². The Kier molecular flexibility index (Phi) is 5.71. The van der Waals surface area contributed by atoms with Gasteiger partial charge in [0, 0.05) is 13.2 Å². The van der Waals surface area contributed by atoms with Gasteiger partial charge in [-0.1, -0.05) is 24.3 Å². The summed E-state index contributed by atoms with van der Waals surface area (Å²) in [5, 5.41) is 11.9. The third kappa shape index (κ3) is 4.38. The van der Waals surface area contributed by atoms with Crippen molar-refractivity contribution in [2.24, 2.45) is 0 Å². The molecule has 134 valence electrons. The first-order chi connectivity index (χ1) is 12.0. The Labute approximate surface area is 154 Å². The van der Waals surface area contributed by atoms with Gasteiger partial charge in [-0.3, -0.25) is 4.68 Å². The Morgan fingerprint density at radius 3 is 2.84 bits per heavy atom. The second-order valence-electron chi connectivity index (χ2n) is 6.60. The Morgan fingerprint density at radius 1 is 1.32 bits per heavy atom. The van der Waals surface area contributed by atoms with Crippen LogP contribution in [0.5, 0.6) is 0 Å². The molecular weight excluding hydrogens is 332 g/mol. The van der Waals surface area contributed by atoms with Gasteiger partial charge in [0.1, 0.15) is 0 Å². The minimum Gasteiger partial charge on any atom is -0.376 e. The van der Waals surface area contributed by atoms with Gasteiger partial charge in [-0.05, 0) is 57.0 Å². The zero-order valence-electron chi connectivity index (χ0n) is 15.1. The van der Waals surface area contributed by atoms with Crippen LogP contribution in [0, 0.1) is 20.8 Å². The molecule has 0 spiro atoms. The molecule has 0 amide bonds. The fourth-order valence-corrected chi connectivity index (χ4v) is 3.34. The smallest absolute Gasteiger partial charge is 0.170 e. The van der Waals surface area contributed by atoms with E-state index in [0.29, 0.717) is 5.11 Å². The molecule has 1 aromatic heterocycles. The lowest BCUT2D eigenvalue weighted by Crippen LogP contribution is -2.35. The van der Waals surface area contributed by atoms with Crippen molar-refractivity contribution in [1.29, 1.82) is 0 Å². The molecule has 2 N–H and O–H groups in total. The molecule has 0 radical (unpaired) electrons. The third-order valence-electron chi connectivity index (χ3n) is 4.72. The van der Waals surface area contributed by atoms with E-state index < -0.39 is 0 Å². The van der Waals surface area contributed by atoms with Crippen LogP contribution in [0.3, 0.4) is 0 Å². The molecule has 2 heterocycles. The number of aryl methyl sites for hydroxylation is 2. The molecule has 1 aliphatic heterocycles. The van der Waals surface area contributed by atoms with E-state index in [-0.39, 0.29) is 6.10 Å². The van der Waals surface area contributed by atoms with Crippen molar-refractivity contribution in [3.05, 3.63) is 46.8 Å². The van der Waals surface area contributed by atoms with E-state index in [9.17, 15) is 0 Å². The van der Waals surface area contributed by atoms with Crippen molar-refractivity contribution < 1.29 is 4.74 Å². The number of aromatic nitrogens is 2. The maximum Gasteiger partial charge on any atom is 0.170 e. The number of nitrogens with zero attached hydrogens (tertiary/aromatic N) is 2. The van der Waals surface area contributed by atoms with E-state index in [1.165, 1.54) is 11.1 Å². The first-order valence-corrected chi connectivity index (χ1v) is 9.20. The zero-order chi connectivity index (χ0) is 17.8. The van der Waals surface area contributed by atoms with Crippen LogP contribution in [0.4, 0.5) is 5.69 Å². The fraction of sp³-hybridized carbons (Fsp3) is 0.474. The van der Waals surface area contributed by atoms with Gasteiger partial charge in [-0.15, -0.1) is 0 Å². The van der Waals surface area contributed by atoms with E-state index >= 15 is 0 Å². The van der Waals surface area contributed by atoms with E-state index in [2.05, 4.69) is 53.8 Å². The molecular formula is C19H26N4OS. The number of thiocarbonyl (C=S) groups is 1. The summed E-state index contributed by atoms with van der Waals surface area (Å²) in [5.41, 5.74) is 5.57. The van der Waals surface area contributed by atoms with Gasteiger partial charge in [0.25, 0.3) is 0 Å².